The largest absolute Gasteiger partial charge is 0.480 e. The molecule has 0 aliphatic heterocycles. The lowest BCUT2D eigenvalue weighted by Gasteiger charge is -2.36. The molecule has 9 heteroatoms. The van der Waals surface area contributed by atoms with Gasteiger partial charge in [0.25, 0.3) is 0 Å². The number of carbonyl (C=O) groups is 2. The number of hydrogen-bond acceptors (Lipinski definition) is 4. The zero-order valence-corrected chi connectivity index (χ0v) is 13.1. The molecule has 1 aliphatic rings. The minimum atomic E-state index is -3.40. The van der Waals surface area contributed by atoms with Crippen LogP contribution in [-0.4, -0.2) is 50.4 Å². The second-order valence-corrected chi connectivity index (χ2v) is 7.52. The maximum atomic E-state index is 11.8. The summed E-state index contributed by atoms with van der Waals surface area (Å²) in [6, 6.07) is -0.654. The van der Waals surface area contributed by atoms with Crippen LogP contribution in [0.1, 0.15) is 32.6 Å². The first-order valence-corrected chi connectivity index (χ1v) is 8.56. The topological polar surface area (TPSA) is 125 Å². The molecule has 0 saturated heterocycles. The standard InChI is InChI=1S/C12H23N3O5S/c1-9-3-5-12(6-4-9,10(16)17)15-11(18)14-7-8-21(19,20)13-2/h9,13H,3-8H2,1-2H3,(H,16,17)(H2,14,15,18). The first-order chi connectivity index (χ1) is 9.71. The molecule has 0 radical (unpaired) electrons. The Kier molecular flexibility index (Phi) is 5.97. The van der Waals surface area contributed by atoms with Gasteiger partial charge in [0.15, 0.2) is 0 Å². The normalized spacial score (nSPS) is 26.1. The Balaban J connectivity index is 2.53. The summed E-state index contributed by atoms with van der Waals surface area (Å²) in [5, 5.41) is 14.2. The van der Waals surface area contributed by atoms with Gasteiger partial charge in [-0.2, -0.15) is 0 Å². The number of hydrogen-bond donors (Lipinski definition) is 4. The molecule has 0 spiro atoms. The van der Waals surface area contributed by atoms with E-state index in [-0.39, 0.29) is 12.3 Å². The quantitative estimate of drug-likeness (QED) is 0.542. The zero-order chi connectivity index (χ0) is 16.1. The maximum Gasteiger partial charge on any atom is 0.329 e. The van der Waals surface area contributed by atoms with Gasteiger partial charge in [0.1, 0.15) is 5.54 Å². The molecule has 1 aliphatic carbocycles. The van der Waals surface area contributed by atoms with E-state index >= 15 is 0 Å². The smallest absolute Gasteiger partial charge is 0.329 e. The van der Waals surface area contributed by atoms with Crippen LogP contribution in [0.5, 0.6) is 0 Å². The summed E-state index contributed by atoms with van der Waals surface area (Å²) in [6.07, 6.45) is 2.24. The van der Waals surface area contributed by atoms with Gasteiger partial charge in [0.05, 0.1) is 5.75 Å². The summed E-state index contributed by atoms with van der Waals surface area (Å²) in [5.74, 6) is -0.857. The molecule has 8 nitrogen and oxygen atoms in total. The van der Waals surface area contributed by atoms with Crippen LogP contribution in [0.3, 0.4) is 0 Å². The molecule has 0 aromatic heterocycles. The fourth-order valence-corrected chi connectivity index (χ4v) is 2.88. The first kappa shape index (κ1) is 17.7. The molecule has 1 fully saturated rings. The highest BCUT2D eigenvalue weighted by molar-refractivity contribution is 7.89. The van der Waals surface area contributed by atoms with E-state index in [1.165, 1.54) is 7.05 Å². The molecule has 0 atom stereocenters. The summed E-state index contributed by atoms with van der Waals surface area (Å²) in [4.78, 5) is 23.2. The zero-order valence-electron chi connectivity index (χ0n) is 12.3. The van der Waals surface area contributed by atoms with Crippen LogP contribution in [0.2, 0.25) is 0 Å². The van der Waals surface area contributed by atoms with Crippen molar-refractivity contribution in [2.24, 2.45) is 5.92 Å². The monoisotopic (exact) mass is 321 g/mol. The Bertz CT molecular complexity index is 483. The van der Waals surface area contributed by atoms with Gasteiger partial charge in [-0.05, 0) is 38.6 Å². The Morgan fingerprint density at radius 3 is 2.33 bits per heavy atom. The van der Waals surface area contributed by atoms with Crippen molar-refractivity contribution in [1.29, 1.82) is 0 Å². The number of carboxylic acids is 1. The highest BCUT2D eigenvalue weighted by Crippen LogP contribution is 2.32. The summed E-state index contributed by atoms with van der Waals surface area (Å²) >= 11 is 0. The Morgan fingerprint density at radius 2 is 1.86 bits per heavy atom. The lowest BCUT2D eigenvalue weighted by atomic mass is 9.77. The number of rotatable bonds is 6. The first-order valence-electron chi connectivity index (χ1n) is 6.91. The molecule has 2 amide bonds. The van der Waals surface area contributed by atoms with E-state index in [2.05, 4.69) is 22.3 Å². The van der Waals surface area contributed by atoms with Crippen LogP contribution in [-0.2, 0) is 14.8 Å². The predicted molar refractivity (Wildman–Crippen MR) is 77.4 cm³/mol. The Morgan fingerprint density at radius 1 is 1.29 bits per heavy atom. The molecule has 0 aromatic rings. The molecule has 1 saturated carbocycles. The molecular weight excluding hydrogens is 298 g/mol. The minimum Gasteiger partial charge on any atom is -0.480 e. The molecule has 0 bridgehead atoms. The number of nitrogens with one attached hydrogen (secondary N) is 3. The van der Waals surface area contributed by atoms with Gasteiger partial charge in [0, 0.05) is 6.54 Å². The average Bonchev–Trinajstić information content (AvgIpc) is 2.41. The molecule has 21 heavy (non-hydrogen) atoms. The van der Waals surface area contributed by atoms with Crippen LogP contribution in [0.15, 0.2) is 0 Å². The lowest BCUT2D eigenvalue weighted by molar-refractivity contribution is -0.146. The summed E-state index contributed by atoms with van der Waals surface area (Å²) < 4.78 is 24.5. The minimum absolute atomic E-state index is 0.0822. The molecule has 0 heterocycles. The van der Waals surface area contributed by atoms with Gasteiger partial charge >= 0.3 is 12.0 Å². The van der Waals surface area contributed by atoms with E-state index in [1.54, 1.807) is 0 Å². The van der Waals surface area contributed by atoms with Crippen LogP contribution in [0, 0.1) is 5.92 Å². The van der Waals surface area contributed by atoms with Crippen LogP contribution in [0.25, 0.3) is 0 Å². The van der Waals surface area contributed by atoms with Crippen molar-refractivity contribution in [1.82, 2.24) is 15.4 Å². The number of urea groups is 1. The fraction of sp³-hybridized carbons (Fsp3) is 0.833. The third kappa shape index (κ3) is 5.16. The van der Waals surface area contributed by atoms with E-state index in [1.807, 2.05) is 0 Å². The molecule has 4 N–H and O–H groups in total. The van der Waals surface area contributed by atoms with Crippen molar-refractivity contribution in [3.8, 4) is 0 Å². The van der Waals surface area contributed by atoms with Gasteiger partial charge < -0.3 is 15.7 Å². The van der Waals surface area contributed by atoms with E-state index in [4.69, 9.17) is 0 Å². The Labute approximate surface area is 124 Å². The highest BCUT2D eigenvalue weighted by atomic mass is 32.2. The van der Waals surface area contributed by atoms with Crippen molar-refractivity contribution in [3.63, 3.8) is 0 Å². The van der Waals surface area contributed by atoms with Gasteiger partial charge in [-0.3, -0.25) is 0 Å². The van der Waals surface area contributed by atoms with Crippen molar-refractivity contribution < 1.29 is 23.1 Å². The number of carbonyl (C=O) groups excluding carboxylic acids is 1. The molecular formula is C12H23N3O5S. The van der Waals surface area contributed by atoms with Crippen LogP contribution in [0.4, 0.5) is 4.79 Å². The Hall–Kier alpha value is -1.35. The molecule has 0 unspecified atom stereocenters. The summed E-state index contributed by atoms with van der Waals surface area (Å²) in [5.41, 5.74) is -1.25. The average molecular weight is 321 g/mol. The van der Waals surface area contributed by atoms with E-state index in [0.717, 1.165) is 12.8 Å². The summed E-state index contributed by atoms with van der Waals surface area (Å²) in [6.45, 7) is 1.97. The molecule has 122 valence electrons. The van der Waals surface area contributed by atoms with Crippen molar-refractivity contribution in [3.05, 3.63) is 0 Å². The highest BCUT2D eigenvalue weighted by Gasteiger charge is 2.42. The van der Waals surface area contributed by atoms with Gasteiger partial charge in [-0.25, -0.2) is 22.7 Å². The van der Waals surface area contributed by atoms with E-state index < -0.39 is 27.6 Å². The van der Waals surface area contributed by atoms with Crippen molar-refractivity contribution in [2.75, 3.05) is 19.3 Å². The van der Waals surface area contributed by atoms with Crippen LogP contribution < -0.4 is 15.4 Å². The second kappa shape index (κ2) is 7.08. The van der Waals surface area contributed by atoms with Gasteiger partial charge in [-0.1, -0.05) is 6.92 Å². The number of carboxylic acid groups (broad SMARTS) is 1. The van der Waals surface area contributed by atoms with Crippen molar-refractivity contribution >= 4 is 22.0 Å². The molecule has 0 aromatic carbocycles. The number of amides is 2. The number of aliphatic carboxylic acids is 1. The van der Waals surface area contributed by atoms with Gasteiger partial charge in [0.2, 0.25) is 10.0 Å². The van der Waals surface area contributed by atoms with Gasteiger partial charge in [-0.15, -0.1) is 0 Å². The van der Waals surface area contributed by atoms with E-state index in [0.29, 0.717) is 18.8 Å². The lowest BCUT2D eigenvalue weighted by Crippen LogP contribution is -2.58. The third-order valence-corrected chi connectivity index (χ3v) is 5.22. The predicted octanol–water partition coefficient (Wildman–Crippen LogP) is -0.132. The summed E-state index contributed by atoms with van der Waals surface area (Å²) in [7, 11) is -2.11. The van der Waals surface area contributed by atoms with Crippen molar-refractivity contribution in [2.45, 2.75) is 38.1 Å². The fourth-order valence-electron chi connectivity index (χ4n) is 2.31. The van der Waals surface area contributed by atoms with E-state index in [9.17, 15) is 23.1 Å². The molecule has 1 rings (SSSR count). The third-order valence-electron chi connectivity index (χ3n) is 3.86. The second-order valence-electron chi connectivity index (χ2n) is 5.47. The maximum absolute atomic E-state index is 11.8. The number of sulfonamides is 1. The SMILES string of the molecule is CNS(=O)(=O)CCNC(=O)NC1(C(=O)O)CCC(C)CC1. The van der Waals surface area contributed by atoms with Crippen LogP contribution >= 0.6 is 0 Å².